The fourth-order valence-corrected chi connectivity index (χ4v) is 8.23. The van der Waals surface area contributed by atoms with Gasteiger partial charge in [0.05, 0.1) is 10.6 Å². The maximum absolute atomic E-state index is 14.8. The van der Waals surface area contributed by atoms with Gasteiger partial charge in [0.1, 0.15) is 12.6 Å². The molecule has 2 amide bonds. The number of anilines is 1. The summed E-state index contributed by atoms with van der Waals surface area (Å²) in [4.78, 5) is 30.8. The van der Waals surface area contributed by atoms with Gasteiger partial charge in [-0.15, -0.1) is 0 Å². The second-order valence-corrected chi connectivity index (χ2v) is 15.3. The molecule has 1 fully saturated rings. The molecule has 4 aromatic rings. The Kier molecular flexibility index (Phi) is 12.1. The average Bonchev–Trinajstić information content (AvgIpc) is 3.09. The monoisotopic (exact) mass is 729 g/mol. The fraction of sp³-hybridized carbons (Fsp3) is 0.333. The first-order chi connectivity index (χ1) is 23.2. The predicted molar refractivity (Wildman–Crippen MR) is 195 cm³/mol. The smallest absolute Gasteiger partial charge is 0.264 e. The van der Waals surface area contributed by atoms with Crippen LogP contribution in [-0.4, -0.2) is 43.8 Å². The number of hydrogen-bond donors (Lipinski definition) is 1. The van der Waals surface area contributed by atoms with Crippen LogP contribution < -0.4 is 9.62 Å². The highest BCUT2D eigenvalue weighted by Gasteiger charge is 2.36. The maximum atomic E-state index is 14.8. The van der Waals surface area contributed by atoms with Gasteiger partial charge in [-0.3, -0.25) is 13.9 Å². The van der Waals surface area contributed by atoms with Gasteiger partial charge in [-0.2, -0.15) is 0 Å². The van der Waals surface area contributed by atoms with Crippen LogP contribution in [0.2, 0.25) is 0 Å². The van der Waals surface area contributed by atoms with Crippen molar-refractivity contribution in [2.75, 3.05) is 10.8 Å². The Morgan fingerprint density at radius 2 is 1.52 bits per heavy atom. The van der Waals surface area contributed by atoms with E-state index in [0.29, 0.717) is 12.1 Å². The molecule has 1 aliphatic carbocycles. The lowest BCUT2D eigenvalue weighted by Crippen LogP contribution is -2.55. The lowest BCUT2D eigenvalue weighted by molar-refractivity contribution is -0.140. The molecular weight excluding hydrogens is 686 g/mol. The third kappa shape index (κ3) is 8.94. The molecule has 0 aromatic heterocycles. The Morgan fingerprint density at radius 3 is 2.21 bits per heavy atom. The van der Waals surface area contributed by atoms with E-state index in [9.17, 15) is 18.0 Å². The van der Waals surface area contributed by atoms with Crippen molar-refractivity contribution in [2.24, 2.45) is 0 Å². The molecule has 4 aromatic carbocycles. The first kappa shape index (κ1) is 35.4. The molecule has 0 aliphatic heterocycles. The van der Waals surface area contributed by atoms with Gasteiger partial charge in [0, 0.05) is 23.5 Å². The summed E-state index contributed by atoms with van der Waals surface area (Å²) in [6, 6.07) is 30.4. The minimum absolute atomic E-state index is 0.0437. The molecule has 0 heterocycles. The van der Waals surface area contributed by atoms with Crippen LogP contribution in [0.25, 0.3) is 0 Å². The number of para-hydroxylation sites is 1. The van der Waals surface area contributed by atoms with Gasteiger partial charge in [0.2, 0.25) is 11.8 Å². The molecule has 5 rings (SSSR count). The van der Waals surface area contributed by atoms with Crippen LogP contribution in [0.15, 0.2) is 112 Å². The Morgan fingerprint density at radius 1 is 0.854 bits per heavy atom. The summed E-state index contributed by atoms with van der Waals surface area (Å²) in [6.07, 6.45) is 5.93. The number of rotatable bonds is 13. The van der Waals surface area contributed by atoms with E-state index in [2.05, 4.69) is 21.2 Å². The number of carbonyl (C=O) groups excluding carboxylic acids is 2. The van der Waals surface area contributed by atoms with E-state index >= 15 is 0 Å². The zero-order valence-electron chi connectivity index (χ0n) is 27.6. The second-order valence-electron chi connectivity index (χ2n) is 12.5. The van der Waals surface area contributed by atoms with Gasteiger partial charge in [-0.05, 0) is 73.2 Å². The van der Waals surface area contributed by atoms with E-state index < -0.39 is 28.5 Å². The first-order valence-electron chi connectivity index (χ1n) is 16.7. The van der Waals surface area contributed by atoms with Crippen molar-refractivity contribution in [1.82, 2.24) is 10.2 Å². The zero-order valence-corrected chi connectivity index (χ0v) is 30.0. The highest BCUT2D eigenvalue weighted by atomic mass is 79.9. The second kappa shape index (κ2) is 16.4. The van der Waals surface area contributed by atoms with Crippen LogP contribution in [0, 0.1) is 6.92 Å². The number of sulfonamides is 1. The number of nitrogens with one attached hydrogen (secondary N) is 1. The Hall–Kier alpha value is -3.95. The summed E-state index contributed by atoms with van der Waals surface area (Å²) in [7, 11) is -4.16. The fourth-order valence-electron chi connectivity index (χ4n) is 6.33. The SMILES string of the molecule is CCc1ccccc1N(CC(=O)N(Cc1cccc(Br)c1)[C@@H](Cc1ccccc1)C(=O)NC1CCCCC1)S(=O)(=O)c1ccc(C)cc1. The summed E-state index contributed by atoms with van der Waals surface area (Å²) < 4.78 is 30.9. The predicted octanol–water partition coefficient (Wildman–Crippen LogP) is 7.60. The summed E-state index contributed by atoms with van der Waals surface area (Å²) in [5, 5.41) is 3.26. The number of aryl methyl sites for hydroxylation is 2. The lowest BCUT2D eigenvalue weighted by Gasteiger charge is -2.35. The van der Waals surface area contributed by atoms with Gasteiger partial charge < -0.3 is 10.2 Å². The summed E-state index contributed by atoms with van der Waals surface area (Å²) in [5.41, 5.74) is 3.91. The van der Waals surface area contributed by atoms with Crippen molar-refractivity contribution >= 4 is 43.5 Å². The minimum Gasteiger partial charge on any atom is -0.352 e. The van der Waals surface area contributed by atoms with Crippen molar-refractivity contribution in [2.45, 2.75) is 82.3 Å². The Labute approximate surface area is 293 Å². The lowest BCUT2D eigenvalue weighted by atomic mass is 9.94. The van der Waals surface area contributed by atoms with Crippen molar-refractivity contribution in [1.29, 1.82) is 0 Å². The van der Waals surface area contributed by atoms with E-state index in [4.69, 9.17) is 0 Å². The van der Waals surface area contributed by atoms with Crippen LogP contribution in [0.3, 0.4) is 0 Å². The number of hydrogen-bond acceptors (Lipinski definition) is 4. The third-order valence-corrected chi connectivity index (χ3v) is 11.3. The quantitative estimate of drug-likeness (QED) is 0.154. The van der Waals surface area contributed by atoms with Crippen LogP contribution in [0.4, 0.5) is 5.69 Å². The van der Waals surface area contributed by atoms with Crippen LogP contribution in [0.1, 0.15) is 61.3 Å². The van der Waals surface area contributed by atoms with Crippen LogP contribution in [-0.2, 0) is 39.0 Å². The zero-order chi connectivity index (χ0) is 34.1. The number of benzene rings is 4. The van der Waals surface area contributed by atoms with E-state index in [1.807, 2.05) is 80.6 Å². The molecule has 0 radical (unpaired) electrons. The molecule has 1 saturated carbocycles. The van der Waals surface area contributed by atoms with E-state index in [0.717, 1.165) is 58.8 Å². The molecule has 1 atom stereocenters. The minimum atomic E-state index is -4.16. The number of halogens is 1. The maximum Gasteiger partial charge on any atom is 0.264 e. The normalized spacial score (nSPS) is 14.2. The van der Waals surface area contributed by atoms with Crippen molar-refractivity contribution in [3.05, 3.63) is 130 Å². The molecule has 48 heavy (non-hydrogen) atoms. The van der Waals surface area contributed by atoms with E-state index in [-0.39, 0.29) is 29.8 Å². The molecule has 1 N–H and O–H groups in total. The first-order valence-corrected chi connectivity index (χ1v) is 18.9. The van der Waals surface area contributed by atoms with E-state index in [1.54, 1.807) is 41.3 Å². The number of nitrogens with zero attached hydrogens (tertiary/aromatic N) is 2. The number of amides is 2. The molecule has 9 heteroatoms. The molecule has 1 aliphatic rings. The van der Waals surface area contributed by atoms with Crippen LogP contribution >= 0.6 is 15.9 Å². The number of carbonyl (C=O) groups is 2. The van der Waals surface area contributed by atoms with Gasteiger partial charge in [0.25, 0.3) is 10.0 Å². The molecular formula is C39H44BrN3O4S. The van der Waals surface area contributed by atoms with Crippen molar-refractivity contribution in [3.63, 3.8) is 0 Å². The van der Waals surface area contributed by atoms with Crippen molar-refractivity contribution < 1.29 is 18.0 Å². The van der Waals surface area contributed by atoms with Gasteiger partial charge >= 0.3 is 0 Å². The van der Waals surface area contributed by atoms with E-state index in [1.165, 1.54) is 4.31 Å². The molecule has 0 bridgehead atoms. The topological polar surface area (TPSA) is 86.8 Å². The molecule has 0 saturated heterocycles. The Balaban J connectivity index is 1.58. The van der Waals surface area contributed by atoms with Crippen LogP contribution in [0.5, 0.6) is 0 Å². The Bertz CT molecular complexity index is 1790. The highest BCUT2D eigenvalue weighted by Crippen LogP contribution is 2.29. The summed E-state index contributed by atoms with van der Waals surface area (Å²) in [5.74, 6) is -0.688. The molecule has 7 nitrogen and oxygen atoms in total. The van der Waals surface area contributed by atoms with Crippen molar-refractivity contribution in [3.8, 4) is 0 Å². The largest absolute Gasteiger partial charge is 0.352 e. The molecule has 252 valence electrons. The van der Waals surface area contributed by atoms with Gasteiger partial charge in [-0.1, -0.05) is 120 Å². The summed E-state index contributed by atoms with van der Waals surface area (Å²) in [6.45, 7) is 3.52. The molecule has 0 unspecified atom stereocenters. The van der Waals surface area contributed by atoms with Gasteiger partial charge in [-0.25, -0.2) is 8.42 Å². The summed E-state index contributed by atoms with van der Waals surface area (Å²) >= 11 is 3.55. The standard InChI is InChI=1S/C39H44BrN3O4S/c1-3-32-16-10-11-20-36(32)43(48(46,47)35-23-21-29(2)22-24-35)28-38(44)42(27-31-15-12-17-33(40)25-31)37(26-30-13-6-4-7-14-30)39(45)41-34-18-8-5-9-19-34/h4,6-7,10-17,20-25,34,37H,3,5,8-9,18-19,26-28H2,1-2H3,(H,41,45)/t37-/m0/s1. The molecule has 0 spiro atoms. The average molecular weight is 731 g/mol. The van der Waals surface area contributed by atoms with Gasteiger partial charge in [0.15, 0.2) is 0 Å². The third-order valence-electron chi connectivity index (χ3n) is 8.99. The highest BCUT2D eigenvalue weighted by molar-refractivity contribution is 9.10.